The molecule has 22 heavy (non-hydrogen) atoms. The van der Waals surface area contributed by atoms with Gasteiger partial charge in [0, 0.05) is 6.08 Å². The Hall–Kier alpha value is -2.10. The fourth-order valence-electron chi connectivity index (χ4n) is 1.72. The van der Waals surface area contributed by atoms with Crippen molar-refractivity contribution in [1.82, 2.24) is 4.72 Å². The van der Waals surface area contributed by atoms with Crippen LogP contribution in [-0.2, 0) is 26.1 Å². The van der Waals surface area contributed by atoms with E-state index in [4.69, 9.17) is 4.55 Å². The number of hydrogen-bond donors (Lipinski definition) is 2. The number of nitrogens with zero attached hydrogens (tertiary/aromatic N) is 1. The van der Waals surface area contributed by atoms with Gasteiger partial charge in [-0.2, -0.15) is 4.40 Å². The lowest BCUT2D eigenvalue weighted by Gasteiger charge is -2.15. The van der Waals surface area contributed by atoms with Crippen molar-refractivity contribution >= 4 is 32.8 Å². The summed E-state index contributed by atoms with van der Waals surface area (Å²) in [7, 11) is -3.93. The van der Waals surface area contributed by atoms with Crippen molar-refractivity contribution in [2.24, 2.45) is 4.40 Å². The lowest BCUT2D eigenvalue weighted by Crippen LogP contribution is -2.30. The van der Waals surface area contributed by atoms with Crippen molar-refractivity contribution in [1.29, 1.82) is 0 Å². The highest BCUT2D eigenvalue weighted by Gasteiger charge is 2.22. The molecule has 0 radical (unpaired) electrons. The molecule has 0 amide bonds. The number of sulfonamides is 1. The molecule has 1 atom stereocenters. The zero-order chi connectivity index (χ0) is 16.3. The molecule has 0 saturated heterocycles. The standard InChI is InChI=1S/C13H12N2O5S2/c1-9-7-11(14-21(17)18)12(8-13(9)16)15-22(19,20)10-5-3-2-4-6-10/h2-8,15H,1H3,(H,17,18)/b14-11-. The maximum absolute atomic E-state index is 12.2. The number of rotatable bonds is 4. The van der Waals surface area contributed by atoms with Gasteiger partial charge in [-0.05, 0) is 30.7 Å². The van der Waals surface area contributed by atoms with Crippen molar-refractivity contribution in [3.8, 4) is 0 Å². The van der Waals surface area contributed by atoms with Gasteiger partial charge >= 0.3 is 0 Å². The number of allylic oxidation sites excluding steroid dienone is 3. The van der Waals surface area contributed by atoms with Gasteiger partial charge in [0.25, 0.3) is 21.3 Å². The summed E-state index contributed by atoms with van der Waals surface area (Å²) >= 11 is -2.53. The maximum atomic E-state index is 12.2. The summed E-state index contributed by atoms with van der Waals surface area (Å²) in [5.74, 6) is -0.409. The van der Waals surface area contributed by atoms with Gasteiger partial charge in [-0.3, -0.25) is 14.1 Å². The molecule has 1 aliphatic rings. The van der Waals surface area contributed by atoms with Gasteiger partial charge in [0.15, 0.2) is 5.78 Å². The summed E-state index contributed by atoms with van der Waals surface area (Å²) in [6.07, 6.45) is 2.28. The molecular formula is C13H12N2O5S2. The summed E-state index contributed by atoms with van der Waals surface area (Å²) < 4.78 is 49.8. The highest BCUT2D eigenvalue weighted by atomic mass is 32.2. The summed E-state index contributed by atoms with van der Waals surface area (Å²) in [6.45, 7) is 1.50. The van der Waals surface area contributed by atoms with E-state index in [1.807, 2.05) is 0 Å². The Bertz CT molecular complexity index is 823. The Kier molecular flexibility index (Phi) is 4.69. The molecule has 0 bridgehead atoms. The van der Waals surface area contributed by atoms with Gasteiger partial charge < -0.3 is 0 Å². The molecule has 0 aliphatic heterocycles. The lowest BCUT2D eigenvalue weighted by atomic mass is 10.0. The zero-order valence-electron chi connectivity index (χ0n) is 11.4. The molecule has 0 heterocycles. The van der Waals surface area contributed by atoms with Crippen molar-refractivity contribution in [2.75, 3.05) is 0 Å². The zero-order valence-corrected chi connectivity index (χ0v) is 13.0. The number of benzene rings is 1. The SMILES string of the molecule is CC1=C/C(=N/S(=O)O)C(NS(=O)(=O)c2ccccc2)=CC1=O. The van der Waals surface area contributed by atoms with Crippen molar-refractivity contribution in [3.63, 3.8) is 0 Å². The fourth-order valence-corrected chi connectivity index (χ4v) is 3.12. The van der Waals surface area contributed by atoms with E-state index in [9.17, 15) is 17.4 Å². The Balaban J connectivity index is 2.40. The van der Waals surface area contributed by atoms with Gasteiger partial charge in [0.1, 0.15) is 5.71 Å². The van der Waals surface area contributed by atoms with Crippen LogP contribution in [0.1, 0.15) is 6.92 Å². The van der Waals surface area contributed by atoms with Gasteiger partial charge in [0.2, 0.25) is 0 Å². The Morgan fingerprint density at radius 3 is 2.41 bits per heavy atom. The summed E-state index contributed by atoms with van der Waals surface area (Å²) in [5.41, 5.74) is 0.0474. The van der Waals surface area contributed by atoms with E-state index in [1.54, 1.807) is 18.2 Å². The molecule has 1 unspecified atom stereocenters. The first-order valence-corrected chi connectivity index (χ1v) is 8.56. The molecule has 1 aromatic rings. The quantitative estimate of drug-likeness (QED) is 0.626. The van der Waals surface area contributed by atoms with Crippen molar-refractivity contribution in [2.45, 2.75) is 11.8 Å². The van der Waals surface area contributed by atoms with Crippen LogP contribution < -0.4 is 4.72 Å². The lowest BCUT2D eigenvalue weighted by molar-refractivity contribution is -0.111. The largest absolute Gasteiger partial charge is 0.290 e. The van der Waals surface area contributed by atoms with Crippen LogP contribution in [0, 0.1) is 0 Å². The van der Waals surface area contributed by atoms with E-state index in [1.165, 1.54) is 25.1 Å². The molecule has 116 valence electrons. The van der Waals surface area contributed by atoms with Crippen LogP contribution in [0.25, 0.3) is 0 Å². The van der Waals surface area contributed by atoms with Gasteiger partial charge in [0.05, 0.1) is 10.6 Å². The van der Waals surface area contributed by atoms with Crippen LogP contribution in [-0.4, -0.2) is 28.7 Å². The van der Waals surface area contributed by atoms with Gasteiger partial charge in [-0.15, -0.1) is 0 Å². The van der Waals surface area contributed by atoms with Crippen LogP contribution in [0.15, 0.2) is 63.0 Å². The monoisotopic (exact) mass is 340 g/mol. The minimum absolute atomic E-state index is 0.000838. The Morgan fingerprint density at radius 2 is 1.82 bits per heavy atom. The molecule has 2 N–H and O–H groups in total. The fraction of sp³-hybridized carbons (Fsp3) is 0.0769. The molecule has 2 rings (SSSR count). The minimum Gasteiger partial charge on any atom is -0.290 e. The predicted molar refractivity (Wildman–Crippen MR) is 81.8 cm³/mol. The van der Waals surface area contributed by atoms with Crippen LogP contribution in [0.2, 0.25) is 0 Å². The normalized spacial score (nSPS) is 18.6. The third kappa shape index (κ3) is 3.75. The van der Waals surface area contributed by atoms with Gasteiger partial charge in [-0.25, -0.2) is 12.6 Å². The molecule has 0 saturated carbocycles. The molecular weight excluding hydrogens is 328 g/mol. The molecule has 1 aliphatic carbocycles. The average Bonchev–Trinajstić information content (AvgIpc) is 2.44. The number of carbonyl (C=O) groups excluding carboxylic acids is 1. The Morgan fingerprint density at radius 1 is 1.18 bits per heavy atom. The number of carbonyl (C=O) groups is 1. The molecule has 0 spiro atoms. The van der Waals surface area contributed by atoms with Gasteiger partial charge in [-0.1, -0.05) is 18.2 Å². The van der Waals surface area contributed by atoms with E-state index in [0.717, 1.165) is 6.08 Å². The second-order valence-electron chi connectivity index (χ2n) is 4.38. The number of ketones is 1. The second-order valence-corrected chi connectivity index (χ2v) is 6.70. The van der Waals surface area contributed by atoms with Crippen LogP contribution >= 0.6 is 0 Å². The number of hydrogen-bond acceptors (Lipinski definition) is 4. The van der Waals surface area contributed by atoms with E-state index < -0.39 is 27.1 Å². The summed E-state index contributed by atoms with van der Waals surface area (Å²) in [5, 5.41) is 0. The predicted octanol–water partition coefficient (Wildman–Crippen LogP) is 0.956. The van der Waals surface area contributed by atoms with E-state index >= 15 is 0 Å². The molecule has 0 fully saturated rings. The molecule has 0 aromatic heterocycles. The minimum atomic E-state index is -3.93. The van der Waals surface area contributed by atoms with Crippen LogP contribution in [0.3, 0.4) is 0 Å². The second kappa shape index (κ2) is 6.34. The number of nitrogens with one attached hydrogen (secondary N) is 1. The maximum Gasteiger partial charge on any atom is 0.282 e. The van der Waals surface area contributed by atoms with Crippen molar-refractivity contribution < 1.29 is 22.0 Å². The first kappa shape index (κ1) is 16.3. The highest BCUT2D eigenvalue weighted by Crippen LogP contribution is 2.15. The van der Waals surface area contributed by atoms with Crippen LogP contribution in [0.4, 0.5) is 0 Å². The first-order valence-electron chi connectivity index (χ1n) is 6.02. The van der Waals surface area contributed by atoms with Crippen LogP contribution in [0.5, 0.6) is 0 Å². The van der Waals surface area contributed by atoms with E-state index in [0.29, 0.717) is 0 Å². The highest BCUT2D eigenvalue weighted by molar-refractivity contribution is 7.89. The topological polar surface area (TPSA) is 113 Å². The molecule has 9 heteroatoms. The van der Waals surface area contributed by atoms with E-state index in [-0.39, 0.29) is 21.9 Å². The van der Waals surface area contributed by atoms with E-state index in [2.05, 4.69) is 9.12 Å². The smallest absolute Gasteiger partial charge is 0.282 e. The van der Waals surface area contributed by atoms with Crippen molar-refractivity contribution in [3.05, 3.63) is 53.8 Å². The first-order chi connectivity index (χ1) is 10.3. The third-order valence-electron chi connectivity index (χ3n) is 2.77. The third-order valence-corrected chi connectivity index (χ3v) is 4.50. The average molecular weight is 340 g/mol. The summed E-state index contributed by atoms with van der Waals surface area (Å²) in [4.78, 5) is 11.7. The molecule has 1 aromatic carbocycles. The Labute approximate surface area is 129 Å². The molecule has 7 nitrogen and oxygen atoms in total. The summed E-state index contributed by atoms with van der Waals surface area (Å²) in [6, 6.07) is 7.54.